The van der Waals surface area contributed by atoms with Gasteiger partial charge in [-0.15, -0.1) is 22.7 Å². The Morgan fingerprint density at radius 2 is 1.74 bits per heavy atom. The van der Waals surface area contributed by atoms with Crippen LogP contribution in [0.4, 0.5) is 9.80 Å². The first kappa shape index (κ1) is 25.9. The van der Waals surface area contributed by atoms with Crippen molar-refractivity contribution < 1.29 is 22.7 Å². The van der Waals surface area contributed by atoms with Crippen molar-refractivity contribution in [2.24, 2.45) is 0 Å². The summed E-state index contributed by atoms with van der Waals surface area (Å²) >= 11 is 2.99. The van der Waals surface area contributed by atoms with Crippen molar-refractivity contribution in [3.05, 3.63) is 64.5 Å². The number of benzene rings is 2. The molecule has 0 bridgehead atoms. The van der Waals surface area contributed by atoms with Gasteiger partial charge in [0.1, 0.15) is 10.0 Å². The minimum absolute atomic E-state index is 0.186. The fourth-order valence-electron chi connectivity index (χ4n) is 5.01. The number of nitrogens with zero attached hydrogens (tertiary/aromatic N) is 3. The molecule has 39 heavy (non-hydrogen) atoms. The molecule has 0 unspecified atom stereocenters. The average Bonchev–Trinajstić information content (AvgIpc) is 3.70. The molecular weight excluding hydrogens is 557 g/mol. The SMILES string of the molecule is COC(=O)N1CCc2c(sc(NC(=O)c3ccc(S(=O)(=O)N4CCCC4)cc3)c2-c2nc3ccccc3s2)C1. The third-order valence-electron chi connectivity index (χ3n) is 7.04. The van der Waals surface area contributed by atoms with E-state index in [0.717, 1.165) is 44.1 Å². The van der Waals surface area contributed by atoms with Crippen LogP contribution >= 0.6 is 22.7 Å². The number of hydrogen-bond donors (Lipinski definition) is 1. The minimum atomic E-state index is -3.56. The number of ether oxygens (including phenoxy) is 1. The van der Waals surface area contributed by atoms with Crippen LogP contribution in [0, 0.1) is 0 Å². The van der Waals surface area contributed by atoms with Crippen molar-refractivity contribution in [1.29, 1.82) is 0 Å². The zero-order valence-electron chi connectivity index (χ0n) is 21.2. The maximum atomic E-state index is 13.4. The molecule has 0 aliphatic carbocycles. The maximum absolute atomic E-state index is 13.4. The van der Waals surface area contributed by atoms with E-state index in [4.69, 9.17) is 9.72 Å². The van der Waals surface area contributed by atoms with Crippen LogP contribution in [0.25, 0.3) is 20.8 Å². The number of carbonyl (C=O) groups is 2. The van der Waals surface area contributed by atoms with Crippen LogP contribution in [-0.4, -0.2) is 61.4 Å². The Bertz CT molecular complexity index is 1640. The van der Waals surface area contributed by atoms with Crippen LogP contribution in [0.1, 0.15) is 33.6 Å². The molecule has 1 saturated heterocycles. The summed E-state index contributed by atoms with van der Waals surface area (Å²) in [5.41, 5.74) is 3.19. The lowest BCUT2D eigenvalue weighted by Crippen LogP contribution is -2.35. The van der Waals surface area contributed by atoms with Crippen LogP contribution in [0.3, 0.4) is 0 Å². The Kier molecular flexibility index (Phi) is 6.88. The molecule has 0 spiro atoms. The van der Waals surface area contributed by atoms with Crippen LogP contribution in [0.15, 0.2) is 53.4 Å². The van der Waals surface area contributed by atoms with Gasteiger partial charge in [0.2, 0.25) is 10.0 Å². The number of sulfonamides is 1. The molecule has 1 fully saturated rings. The van der Waals surface area contributed by atoms with Gasteiger partial charge in [0.15, 0.2) is 0 Å². The van der Waals surface area contributed by atoms with Gasteiger partial charge in [-0.1, -0.05) is 12.1 Å². The number of thiazole rings is 1. The van der Waals surface area contributed by atoms with E-state index in [-0.39, 0.29) is 16.9 Å². The van der Waals surface area contributed by atoms with Crippen molar-refractivity contribution in [1.82, 2.24) is 14.2 Å². The smallest absolute Gasteiger partial charge is 0.409 e. The van der Waals surface area contributed by atoms with Gasteiger partial charge in [-0.3, -0.25) is 4.79 Å². The Morgan fingerprint density at radius 1 is 1.00 bits per heavy atom. The molecule has 202 valence electrons. The van der Waals surface area contributed by atoms with E-state index >= 15 is 0 Å². The first-order chi connectivity index (χ1) is 18.8. The van der Waals surface area contributed by atoms with E-state index in [9.17, 15) is 18.0 Å². The molecule has 0 saturated carbocycles. The van der Waals surface area contributed by atoms with Gasteiger partial charge in [0.05, 0.1) is 28.8 Å². The molecule has 2 aromatic heterocycles. The summed E-state index contributed by atoms with van der Waals surface area (Å²) in [6.45, 7) is 1.95. The molecule has 6 rings (SSSR count). The minimum Gasteiger partial charge on any atom is -0.453 e. The second kappa shape index (κ2) is 10.3. The van der Waals surface area contributed by atoms with Gasteiger partial charge in [-0.2, -0.15) is 4.31 Å². The topological polar surface area (TPSA) is 109 Å². The van der Waals surface area contributed by atoms with Crippen molar-refractivity contribution in [2.75, 3.05) is 32.1 Å². The largest absolute Gasteiger partial charge is 0.453 e. The number of anilines is 1. The Morgan fingerprint density at radius 3 is 2.46 bits per heavy atom. The Balaban J connectivity index is 1.32. The summed E-state index contributed by atoms with van der Waals surface area (Å²) in [5.74, 6) is -0.342. The number of amides is 2. The second-order valence-corrected chi connectivity index (χ2v) is 13.5. The monoisotopic (exact) mass is 582 g/mol. The summed E-state index contributed by atoms with van der Waals surface area (Å²) < 4.78 is 33.2. The second-order valence-electron chi connectivity index (χ2n) is 9.43. The summed E-state index contributed by atoms with van der Waals surface area (Å²) in [6.07, 6.45) is 1.95. The number of thiophene rings is 1. The molecule has 2 aliphatic heterocycles. The average molecular weight is 583 g/mol. The van der Waals surface area contributed by atoms with Crippen LogP contribution < -0.4 is 5.32 Å². The van der Waals surface area contributed by atoms with E-state index in [0.29, 0.717) is 43.2 Å². The Hall–Kier alpha value is -3.32. The lowest BCUT2D eigenvalue weighted by Gasteiger charge is -2.25. The summed E-state index contributed by atoms with van der Waals surface area (Å²) in [6, 6.07) is 14.0. The summed E-state index contributed by atoms with van der Waals surface area (Å²) in [5, 5.41) is 4.51. The number of carbonyl (C=O) groups excluding carboxylic acids is 2. The highest BCUT2D eigenvalue weighted by molar-refractivity contribution is 7.89. The van der Waals surface area contributed by atoms with Crippen LogP contribution in [0.2, 0.25) is 0 Å². The van der Waals surface area contributed by atoms with Crippen LogP contribution in [0.5, 0.6) is 0 Å². The Labute approximate surface area is 234 Å². The van der Waals surface area contributed by atoms with Gasteiger partial charge in [0, 0.05) is 35.6 Å². The van der Waals surface area contributed by atoms with Gasteiger partial charge in [-0.05, 0) is 61.2 Å². The van der Waals surface area contributed by atoms with Gasteiger partial charge >= 0.3 is 6.09 Å². The zero-order valence-corrected chi connectivity index (χ0v) is 23.6. The zero-order chi connectivity index (χ0) is 27.1. The molecule has 0 radical (unpaired) electrons. The molecule has 0 atom stereocenters. The molecule has 12 heteroatoms. The van der Waals surface area contributed by atoms with E-state index in [2.05, 4.69) is 5.32 Å². The fraction of sp³-hybridized carbons (Fsp3) is 0.296. The van der Waals surface area contributed by atoms with E-state index in [1.165, 1.54) is 34.9 Å². The highest BCUT2D eigenvalue weighted by Gasteiger charge is 2.31. The number of nitrogens with one attached hydrogen (secondary N) is 1. The summed E-state index contributed by atoms with van der Waals surface area (Å²) in [4.78, 5) is 33.2. The molecule has 1 N–H and O–H groups in total. The number of methoxy groups -OCH3 is 1. The molecule has 2 aliphatic rings. The lowest BCUT2D eigenvalue weighted by atomic mass is 10.0. The van der Waals surface area contributed by atoms with Gasteiger partial charge in [-0.25, -0.2) is 18.2 Å². The van der Waals surface area contributed by atoms with Gasteiger partial charge in [0.25, 0.3) is 5.91 Å². The molecule has 9 nitrogen and oxygen atoms in total. The van der Waals surface area contributed by atoms with Crippen molar-refractivity contribution in [3.63, 3.8) is 0 Å². The first-order valence-electron chi connectivity index (χ1n) is 12.6. The van der Waals surface area contributed by atoms with Crippen molar-refractivity contribution >= 4 is 59.9 Å². The normalized spacial score (nSPS) is 15.9. The predicted molar refractivity (Wildman–Crippen MR) is 152 cm³/mol. The van der Waals surface area contributed by atoms with Crippen molar-refractivity contribution in [2.45, 2.75) is 30.7 Å². The van der Waals surface area contributed by atoms with E-state index < -0.39 is 10.0 Å². The number of hydrogen-bond acceptors (Lipinski definition) is 8. The predicted octanol–water partition coefficient (Wildman–Crippen LogP) is 5.19. The third-order valence-corrected chi connectivity index (χ3v) is 11.1. The number of fused-ring (bicyclic) bond motifs is 2. The quantitative estimate of drug-likeness (QED) is 0.347. The van der Waals surface area contributed by atoms with Gasteiger partial charge < -0.3 is 15.0 Å². The van der Waals surface area contributed by atoms with Crippen molar-refractivity contribution in [3.8, 4) is 10.6 Å². The molecule has 4 heterocycles. The molecule has 2 aromatic carbocycles. The van der Waals surface area contributed by atoms with Crippen LogP contribution in [-0.2, 0) is 27.7 Å². The van der Waals surface area contributed by atoms with E-state index in [1.807, 2.05) is 24.3 Å². The first-order valence-corrected chi connectivity index (χ1v) is 15.7. The lowest BCUT2D eigenvalue weighted by molar-refractivity contribution is 0.102. The number of aromatic nitrogens is 1. The summed E-state index contributed by atoms with van der Waals surface area (Å²) in [7, 11) is -2.19. The molecule has 4 aromatic rings. The fourth-order valence-corrected chi connectivity index (χ4v) is 8.90. The number of rotatable bonds is 5. The standard InChI is InChI=1S/C27H26N4O5S3/c1-36-27(33)30-15-12-19-22(16-30)38-26(23(19)25-28-20-6-2-3-7-21(20)37-25)29-24(32)17-8-10-18(11-9-17)39(34,35)31-13-4-5-14-31/h2-3,6-11H,4-5,12-16H2,1H3,(H,29,32). The molecular formula is C27H26N4O5S3. The van der Waals surface area contributed by atoms with E-state index in [1.54, 1.807) is 28.4 Å². The maximum Gasteiger partial charge on any atom is 0.409 e. The highest BCUT2D eigenvalue weighted by Crippen LogP contribution is 2.46. The third kappa shape index (κ3) is 4.82. The highest BCUT2D eigenvalue weighted by atomic mass is 32.2. The molecule has 2 amide bonds. The number of para-hydroxylation sites is 1.